The number of hydrogen-bond acceptors (Lipinski definition) is 5. The lowest BCUT2D eigenvalue weighted by Gasteiger charge is -2.05. The molecule has 28 heavy (non-hydrogen) atoms. The molecule has 0 fully saturated rings. The normalized spacial score (nSPS) is 12.6. The second kappa shape index (κ2) is 8.34. The SMILES string of the molecule is COCCn1c(=NC(=O)c2cc(Cl)cc(Cl)c2)sc2cc(S(C)(=O)=O)ccc21. The first kappa shape index (κ1) is 21.0. The molecule has 3 aromatic rings. The molecule has 1 amide bonds. The van der Waals surface area contributed by atoms with Gasteiger partial charge in [-0.3, -0.25) is 4.79 Å². The smallest absolute Gasteiger partial charge is 0.279 e. The Morgan fingerprint density at radius 1 is 1.18 bits per heavy atom. The zero-order valence-electron chi connectivity index (χ0n) is 15.0. The average Bonchev–Trinajstić information content (AvgIpc) is 2.94. The van der Waals surface area contributed by atoms with Crippen molar-refractivity contribution in [3.8, 4) is 0 Å². The Morgan fingerprint density at radius 2 is 1.86 bits per heavy atom. The molecule has 0 spiro atoms. The number of nitrogens with zero attached hydrogens (tertiary/aromatic N) is 2. The van der Waals surface area contributed by atoms with Gasteiger partial charge in [0.1, 0.15) is 0 Å². The lowest BCUT2D eigenvalue weighted by Crippen LogP contribution is -2.19. The summed E-state index contributed by atoms with van der Waals surface area (Å²) in [7, 11) is -1.77. The van der Waals surface area contributed by atoms with Gasteiger partial charge >= 0.3 is 0 Å². The number of sulfone groups is 1. The Kier molecular flexibility index (Phi) is 6.26. The summed E-state index contributed by atoms with van der Waals surface area (Å²) in [5.74, 6) is -0.495. The number of thiazole rings is 1. The molecule has 0 aliphatic heterocycles. The van der Waals surface area contributed by atoms with E-state index in [1.54, 1.807) is 19.2 Å². The summed E-state index contributed by atoms with van der Waals surface area (Å²) in [5.41, 5.74) is 1.04. The van der Waals surface area contributed by atoms with Gasteiger partial charge in [0.15, 0.2) is 14.6 Å². The van der Waals surface area contributed by atoms with E-state index in [-0.39, 0.29) is 10.5 Å². The number of halogens is 2. The highest BCUT2D eigenvalue weighted by molar-refractivity contribution is 7.90. The average molecular weight is 459 g/mol. The molecule has 0 aliphatic carbocycles. The molecule has 0 saturated carbocycles. The first-order valence-electron chi connectivity index (χ1n) is 8.06. The van der Waals surface area contributed by atoms with Gasteiger partial charge in [0, 0.05) is 35.5 Å². The maximum absolute atomic E-state index is 12.6. The van der Waals surface area contributed by atoms with Gasteiger partial charge in [-0.2, -0.15) is 4.99 Å². The molecule has 1 aromatic heterocycles. The van der Waals surface area contributed by atoms with Crippen molar-refractivity contribution < 1.29 is 17.9 Å². The predicted molar refractivity (Wildman–Crippen MR) is 111 cm³/mol. The molecular weight excluding hydrogens is 443 g/mol. The second-order valence-electron chi connectivity index (χ2n) is 6.01. The van der Waals surface area contributed by atoms with Crippen LogP contribution in [0.5, 0.6) is 0 Å². The van der Waals surface area contributed by atoms with E-state index in [2.05, 4.69) is 4.99 Å². The topological polar surface area (TPSA) is 77.7 Å². The van der Waals surface area contributed by atoms with E-state index >= 15 is 0 Å². The van der Waals surface area contributed by atoms with Gasteiger partial charge in [-0.05, 0) is 36.4 Å². The van der Waals surface area contributed by atoms with Crippen LogP contribution < -0.4 is 4.80 Å². The van der Waals surface area contributed by atoms with Crippen molar-refractivity contribution >= 4 is 60.5 Å². The molecule has 0 bridgehead atoms. The van der Waals surface area contributed by atoms with Crippen LogP contribution in [0, 0.1) is 0 Å². The van der Waals surface area contributed by atoms with Crippen LogP contribution in [-0.4, -0.2) is 38.9 Å². The summed E-state index contributed by atoms with van der Waals surface area (Å²) in [5, 5.41) is 0.680. The predicted octanol–water partition coefficient (Wildman–Crippen LogP) is 3.80. The third-order valence-electron chi connectivity index (χ3n) is 3.91. The van der Waals surface area contributed by atoms with E-state index < -0.39 is 15.7 Å². The zero-order valence-corrected chi connectivity index (χ0v) is 18.1. The zero-order chi connectivity index (χ0) is 20.5. The monoisotopic (exact) mass is 458 g/mol. The van der Waals surface area contributed by atoms with Gasteiger partial charge in [-0.15, -0.1) is 0 Å². The maximum atomic E-state index is 12.6. The summed E-state index contributed by atoms with van der Waals surface area (Å²) in [6, 6.07) is 9.35. The first-order chi connectivity index (χ1) is 13.2. The molecule has 0 aliphatic rings. The number of ether oxygens (including phenoxy) is 1. The minimum atomic E-state index is -3.34. The molecule has 10 heteroatoms. The second-order valence-corrected chi connectivity index (χ2v) is 9.90. The minimum absolute atomic E-state index is 0.208. The number of methoxy groups -OCH3 is 1. The number of amides is 1. The number of carbonyl (C=O) groups is 1. The molecule has 3 rings (SSSR count). The van der Waals surface area contributed by atoms with E-state index in [9.17, 15) is 13.2 Å². The van der Waals surface area contributed by atoms with Gasteiger partial charge < -0.3 is 9.30 Å². The molecule has 0 radical (unpaired) electrons. The summed E-state index contributed by atoms with van der Waals surface area (Å²) in [6.07, 6.45) is 1.15. The Morgan fingerprint density at radius 3 is 2.46 bits per heavy atom. The Hall–Kier alpha value is -1.71. The quantitative estimate of drug-likeness (QED) is 0.582. The minimum Gasteiger partial charge on any atom is -0.383 e. The highest BCUT2D eigenvalue weighted by Gasteiger charge is 2.14. The van der Waals surface area contributed by atoms with Crippen molar-refractivity contribution in [3.05, 3.63) is 56.8 Å². The van der Waals surface area contributed by atoms with Gasteiger partial charge in [0.25, 0.3) is 5.91 Å². The fourth-order valence-corrected chi connectivity index (χ4v) is 4.94. The molecule has 0 N–H and O–H groups in total. The van der Waals surface area contributed by atoms with Crippen LogP contribution in [0.3, 0.4) is 0 Å². The summed E-state index contributed by atoms with van der Waals surface area (Å²) >= 11 is 13.2. The van der Waals surface area contributed by atoms with E-state index in [1.165, 1.54) is 35.6 Å². The number of benzene rings is 2. The van der Waals surface area contributed by atoms with Crippen molar-refractivity contribution in [1.82, 2.24) is 4.57 Å². The Bertz CT molecular complexity index is 1210. The van der Waals surface area contributed by atoms with Gasteiger partial charge in [-0.1, -0.05) is 34.5 Å². The van der Waals surface area contributed by atoms with Crippen LogP contribution in [0.25, 0.3) is 10.2 Å². The van der Waals surface area contributed by atoms with Crippen LogP contribution in [-0.2, 0) is 21.1 Å². The standard InChI is InChI=1S/C18H16Cl2N2O4S2/c1-26-6-5-22-15-4-3-14(28(2,24)25)10-16(15)27-18(22)21-17(23)11-7-12(19)9-13(20)8-11/h3-4,7-10H,5-6H2,1-2H3. The van der Waals surface area contributed by atoms with Crippen molar-refractivity contribution in [1.29, 1.82) is 0 Å². The first-order valence-corrected chi connectivity index (χ1v) is 11.5. The van der Waals surface area contributed by atoms with E-state index in [4.69, 9.17) is 27.9 Å². The molecule has 148 valence electrons. The van der Waals surface area contributed by atoms with Crippen molar-refractivity contribution in [3.63, 3.8) is 0 Å². The largest absolute Gasteiger partial charge is 0.383 e. The summed E-state index contributed by atoms with van der Waals surface area (Å²) < 4.78 is 31.4. The maximum Gasteiger partial charge on any atom is 0.279 e. The molecule has 2 aromatic carbocycles. The lowest BCUT2D eigenvalue weighted by molar-refractivity contribution is 0.0997. The van der Waals surface area contributed by atoms with Gasteiger partial charge in [-0.25, -0.2) is 8.42 Å². The molecule has 1 heterocycles. The molecule has 0 atom stereocenters. The molecule has 6 nitrogen and oxygen atoms in total. The number of fused-ring (bicyclic) bond motifs is 1. The van der Waals surface area contributed by atoms with E-state index in [1.807, 2.05) is 4.57 Å². The highest BCUT2D eigenvalue weighted by Crippen LogP contribution is 2.23. The van der Waals surface area contributed by atoms with Crippen LogP contribution in [0.15, 0.2) is 46.3 Å². The van der Waals surface area contributed by atoms with Crippen molar-refractivity contribution in [2.24, 2.45) is 4.99 Å². The third kappa shape index (κ3) is 4.64. The van der Waals surface area contributed by atoms with Gasteiger partial charge in [0.2, 0.25) is 0 Å². The van der Waals surface area contributed by atoms with Crippen LogP contribution >= 0.6 is 34.5 Å². The van der Waals surface area contributed by atoms with E-state index in [0.717, 1.165) is 11.8 Å². The number of hydrogen-bond donors (Lipinski definition) is 0. The van der Waals surface area contributed by atoms with Crippen molar-refractivity contribution in [2.45, 2.75) is 11.4 Å². The summed E-state index contributed by atoms with van der Waals surface area (Å²) in [6.45, 7) is 0.862. The molecular formula is C18H16Cl2N2O4S2. The number of aromatic nitrogens is 1. The van der Waals surface area contributed by atoms with Gasteiger partial charge in [0.05, 0.1) is 21.7 Å². The number of rotatable bonds is 5. The fraction of sp³-hybridized carbons (Fsp3) is 0.222. The highest BCUT2D eigenvalue weighted by atomic mass is 35.5. The van der Waals surface area contributed by atoms with Crippen LogP contribution in [0.1, 0.15) is 10.4 Å². The van der Waals surface area contributed by atoms with Crippen LogP contribution in [0.4, 0.5) is 0 Å². The Labute approximate surface area is 175 Å². The van der Waals surface area contributed by atoms with E-state index in [0.29, 0.717) is 32.7 Å². The summed E-state index contributed by atoms with van der Waals surface area (Å²) in [4.78, 5) is 17.5. The number of carbonyl (C=O) groups excluding carboxylic acids is 1. The molecule has 0 unspecified atom stereocenters. The molecule has 0 saturated heterocycles. The third-order valence-corrected chi connectivity index (χ3v) is 6.50. The fourth-order valence-electron chi connectivity index (χ4n) is 2.60. The van der Waals surface area contributed by atoms with Crippen molar-refractivity contribution in [2.75, 3.05) is 20.0 Å². The Balaban J connectivity index is 2.17. The van der Waals surface area contributed by atoms with Crippen LogP contribution in [0.2, 0.25) is 10.0 Å². The lowest BCUT2D eigenvalue weighted by atomic mass is 10.2.